The van der Waals surface area contributed by atoms with Crippen LogP contribution in [0.3, 0.4) is 0 Å². The van der Waals surface area contributed by atoms with Crippen LogP contribution in [0.4, 0.5) is 13.6 Å². The number of ether oxygens (including phenoxy) is 1. The maximum Gasteiger partial charge on any atom is 0.410 e. The molecule has 0 saturated heterocycles. The minimum atomic E-state index is -0.789. The van der Waals surface area contributed by atoms with Crippen LogP contribution in [0, 0.1) is 11.6 Å². The van der Waals surface area contributed by atoms with E-state index in [1.54, 1.807) is 27.7 Å². The van der Waals surface area contributed by atoms with E-state index in [9.17, 15) is 13.6 Å². The van der Waals surface area contributed by atoms with E-state index in [1.165, 1.54) is 11.9 Å². The summed E-state index contributed by atoms with van der Waals surface area (Å²) in [6.45, 7) is 6.80. The number of halogens is 2. The van der Waals surface area contributed by atoms with Gasteiger partial charge in [0.15, 0.2) is 0 Å². The van der Waals surface area contributed by atoms with E-state index >= 15 is 0 Å². The smallest absolute Gasteiger partial charge is 0.410 e. The van der Waals surface area contributed by atoms with Crippen molar-refractivity contribution in [3.8, 4) is 0 Å². The Balaban J connectivity index is 2.87. The minimum absolute atomic E-state index is 0.00485. The molecule has 0 aromatic carbocycles. The summed E-state index contributed by atoms with van der Waals surface area (Å²) in [5.74, 6) is -1.55. The van der Waals surface area contributed by atoms with Crippen molar-refractivity contribution in [3.05, 3.63) is 29.6 Å². The van der Waals surface area contributed by atoms with E-state index in [-0.39, 0.29) is 5.69 Å². The van der Waals surface area contributed by atoms with Crippen molar-refractivity contribution >= 4 is 6.09 Å². The molecule has 1 aromatic heterocycles. The molecular formula is C13H18F2N2O2. The van der Waals surface area contributed by atoms with Crippen LogP contribution < -0.4 is 0 Å². The molecule has 0 aliphatic carbocycles. The molecule has 0 aliphatic rings. The number of carbonyl (C=O) groups is 1. The average molecular weight is 272 g/mol. The minimum Gasteiger partial charge on any atom is -0.444 e. The largest absolute Gasteiger partial charge is 0.444 e. The van der Waals surface area contributed by atoms with Crippen molar-refractivity contribution < 1.29 is 18.3 Å². The maximum atomic E-state index is 13.6. The van der Waals surface area contributed by atoms with Gasteiger partial charge in [-0.15, -0.1) is 0 Å². The Morgan fingerprint density at radius 3 is 2.47 bits per heavy atom. The van der Waals surface area contributed by atoms with Gasteiger partial charge in [0.1, 0.15) is 17.2 Å². The molecule has 0 saturated carbocycles. The number of amides is 1. The van der Waals surface area contributed by atoms with Crippen molar-refractivity contribution in [2.24, 2.45) is 0 Å². The van der Waals surface area contributed by atoms with Gasteiger partial charge in [0, 0.05) is 13.1 Å². The third-order valence-corrected chi connectivity index (χ3v) is 2.49. The lowest BCUT2D eigenvalue weighted by atomic mass is 10.2. The van der Waals surface area contributed by atoms with E-state index in [2.05, 4.69) is 4.98 Å². The van der Waals surface area contributed by atoms with Gasteiger partial charge in [-0.25, -0.2) is 13.6 Å². The van der Waals surface area contributed by atoms with Crippen LogP contribution in [0.25, 0.3) is 0 Å². The molecule has 1 rings (SSSR count). The first-order valence-electron chi connectivity index (χ1n) is 5.88. The summed E-state index contributed by atoms with van der Waals surface area (Å²) in [5, 5.41) is 0. The Morgan fingerprint density at radius 2 is 2.00 bits per heavy atom. The second-order valence-corrected chi connectivity index (χ2v) is 5.29. The summed E-state index contributed by atoms with van der Waals surface area (Å²) in [7, 11) is 1.48. The van der Waals surface area contributed by atoms with Crippen molar-refractivity contribution in [1.29, 1.82) is 0 Å². The van der Waals surface area contributed by atoms with Gasteiger partial charge in [-0.3, -0.25) is 4.98 Å². The molecule has 0 bridgehead atoms. The molecule has 1 aromatic rings. The molecule has 1 heterocycles. The number of rotatable bonds is 2. The van der Waals surface area contributed by atoms with Crippen LogP contribution in [0.15, 0.2) is 12.3 Å². The number of carbonyl (C=O) groups excluding carboxylic acids is 1. The molecule has 0 radical (unpaired) electrons. The van der Waals surface area contributed by atoms with Crippen LogP contribution in [0.2, 0.25) is 0 Å². The van der Waals surface area contributed by atoms with Crippen molar-refractivity contribution in [2.75, 3.05) is 7.05 Å². The summed E-state index contributed by atoms with van der Waals surface area (Å²) in [4.78, 5) is 16.7. The van der Waals surface area contributed by atoms with E-state index in [1.807, 2.05) is 0 Å². The van der Waals surface area contributed by atoms with E-state index < -0.39 is 29.4 Å². The predicted molar refractivity (Wildman–Crippen MR) is 66.6 cm³/mol. The Bertz CT molecular complexity index is 472. The zero-order valence-electron chi connectivity index (χ0n) is 11.7. The highest BCUT2D eigenvalue weighted by molar-refractivity contribution is 5.68. The van der Waals surface area contributed by atoms with E-state index in [0.717, 1.165) is 12.3 Å². The first-order valence-corrected chi connectivity index (χ1v) is 5.88. The summed E-state index contributed by atoms with van der Waals surface area (Å²) in [5.41, 5.74) is -0.644. The first-order chi connectivity index (χ1) is 8.61. The number of aromatic nitrogens is 1. The highest BCUT2D eigenvalue weighted by atomic mass is 19.1. The highest BCUT2D eigenvalue weighted by Crippen LogP contribution is 2.22. The Hall–Kier alpha value is -1.72. The summed E-state index contributed by atoms with van der Waals surface area (Å²) < 4.78 is 31.5. The van der Waals surface area contributed by atoms with E-state index in [0.29, 0.717) is 0 Å². The second kappa shape index (κ2) is 5.50. The monoisotopic (exact) mass is 272 g/mol. The summed E-state index contributed by atoms with van der Waals surface area (Å²) in [6, 6.07) is 0.0809. The lowest BCUT2D eigenvalue weighted by Gasteiger charge is -2.28. The van der Waals surface area contributed by atoms with E-state index in [4.69, 9.17) is 4.74 Å². The van der Waals surface area contributed by atoms with Gasteiger partial charge in [0.25, 0.3) is 0 Å². The molecule has 0 N–H and O–H groups in total. The Morgan fingerprint density at radius 1 is 1.42 bits per heavy atom. The van der Waals surface area contributed by atoms with Crippen LogP contribution in [-0.4, -0.2) is 28.6 Å². The number of hydrogen-bond donors (Lipinski definition) is 0. The van der Waals surface area contributed by atoms with Crippen LogP contribution in [0.1, 0.15) is 39.4 Å². The Labute approximate surface area is 111 Å². The van der Waals surface area contributed by atoms with Gasteiger partial charge in [-0.05, 0) is 27.7 Å². The zero-order chi connectivity index (χ0) is 14.8. The van der Waals surface area contributed by atoms with Crippen LogP contribution in [0.5, 0.6) is 0 Å². The number of nitrogens with zero attached hydrogens (tertiary/aromatic N) is 2. The fourth-order valence-corrected chi connectivity index (χ4v) is 1.41. The third-order valence-electron chi connectivity index (χ3n) is 2.49. The molecule has 106 valence electrons. The Kier molecular flexibility index (Phi) is 4.44. The topological polar surface area (TPSA) is 42.4 Å². The molecule has 1 unspecified atom stereocenters. The average Bonchev–Trinajstić information content (AvgIpc) is 2.24. The maximum absolute atomic E-state index is 13.6. The molecule has 1 amide bonds. The first kappa shape index (κ1) is 15.3. The molecule has 0 spiro atoms. The summed E-state index contributed by atoms with van der Waals surface area (Å²) >= 11 is 0. The fraction of sp³-hybridized carbons (Fsp3) is 0.538. The SMILES string of the molecule is CC(c1ncc(F)cc1F)N(C)C(=O)OC(C)(C)C. The van der Waals surface area contributed by atoms with Gasteiger partial charge >= 0.3 is 6.09 Å². The number of hydrogen-bond acceptors (Lipinski definition) is 3. The molecule has 0 aliphatic heterocycles. The molecule has 4 nitrogen and oxygen atoms in total. The van der Waals surface area contributed by atoms with Gasteiger partial charge in [-0.2, -0.15) is 0 Å². The van der Waals surface area contributed by atoms with Crippen molar-refractivity contribution in [3.63, 3.8) is 0 Å². The highest BCUT2D eigenvalue weighted by Gasteiger charge is 2.26. The molecule has 0 fully saturated rings. The quantitative estimate of drug-likeness (QED) is 0.829. The fourth-order valence-electron chi connectivity index (χ4n) is 1.41. The standard InChI is InChI=1S/C13H18F2N2O2/c1-8(11-10(15)6-9(14)7-16-11)17(5)12(18)19-13(2,3)4/h6-8H,1-5H3. The lowest BCUT2D eigenvalue weighted by Crippen LogP contribution is -2.36. The predicted octanol–water partition coefficient (Wildman–Crippen LogP) is 3.29. The van der Waals surface area contributed by atoms with Crippen molar-refractivity contribution in [1.82, 2.24) is 9.88 Å². The zero-order valence-corrected chi connectivity index (χ0v) is 11.7. The van der Waals surface area contributed by atoms with Gasteiger partial charge in [0.2, 0.25) is 0 Å². The van der Waals surface area contributed by atoms with Gasteiger partial charge in [0.05, 0.1) is 17.9 Å². The number of pyridine rings is 1. The van der Waals surface area contributed by atoms with Crippen LogP contribution in [-0.2, 0) is 4.74 Å². The molecule has 6 heteroatoms. The molecular weight excluding hydrogens is 254 g/mol. The molecule has 1 atom stereocenters. The normalized spacial score (nSPS) is 13.0. The third kappa shape index (κ3) is 4.15. The van der Waals surface area contributed by atoms with Crippen molar-refractivity contribution in [2.45, 2.75) is 39.3 Å². The van der Waals surface area contributed by atoms with Crippen LogP contribution >= 0.6 is 0 Å². The lowest BCUT2D eigenvalue weighted by molar-refractivity contribution is 0.0228. The molecule has 19 heavy (non-hydrogen) atoms. The second-order valence-electron chi connectivity index (χ2n) is 5.29. The van der Waals surface area contributed by atoms with Gasteiger partial charge in [-0.1, -0.05) is 0 Å². The summed E-state index contributed by atoms with van der Waals surface area (Å²) in [6.07, 6.45) is 0.322. The van der Waals surface area contributed by atoms with Gasteiger partial charge < -0.3 is 9.64 Å².